The van der Waals surface area contributed by atoms with Gasteiger partial charge in [0.15, 0.2) is 0 Å². The van der Waals surface area contributed by atoms with Crippen LogP contribution in [0, 0.1) is 5.41 Å². The smallest absolute Gasteiger partial charge is 0.351 e. The van der Waals surface area contributed by atoms with Gasteiger partial charge in [0.2, 0.25) is 5.60 Å². The Kier molecular flexibility index (Phi) is 2.63. The van der Waals surface area contributed by atoms with Crippen LogP contribution in [0.1, 0.15) is 27.7 Å². The molecule has 0 aromatic rings. The molecule has 0 N–H and O–H groups in total. The summed E-state index contributed by atoms with van der Waals surface area (Å²) in [5, 5.41) is 0. The summed E-state index contributed by atoms with van der Waals surface area (Å²) in [5.41, 5.74) is -1.47. The number of carbonyl (C=O) groups is 2. The number of carbonyl (C=O) groups excluding carboxylic acids is 2. The molecule has 0 aliphatic carbocycles. The molecule has 1 heterocycles. The van der Waals surface area contributed by atoms with E-state index in [1.54, 1.807) is 13.8 Å². The minimum atomic E-state index is -1.22. The van der Waals surface area contributed by atoms with Gasteiger partial charge in [-0.1, -0.05) is 20.4 Å². The van der Waals surface area contributed by atoms with Crippen LogP contribution in [0.5, 0.6) is 0 Å². The van der Waals surface area contributed by atoms with Gasteiger partial charge in [-0.05, 0) is 13.8 Å². The summed E-state index contributed by atoms with van der Waals surface area (Å²) >= 11 is 0. The lowest BCUT2D eigenvalue weighted by Crippen LogP contribution is -2.47. The molecule has 0 spiro atoms. The number of ether oxygens (including phenoxy) is 2. The number of cyclic esters (lactones) is 1. The SMILES string of the molecule is C=C(C)C(=O)OC1(C)C(=O)OCC1(C)C. The fourth-order valence-corrected chi connectivity index (χ4v) is 1.25. The Hall–Kier alpha value is -1.32. The van der Waals surface area contributed by atoms with Gasteiger partial charge in [0.25, 0.3) is 0 Å². The number of esters is 2. The average molecular weight is 212 g/mol. The lowest BCUT2D eigenvalue weighted by Gasteiger charge is -2.32. The largest absolute Gasteiger partial charge is 0.462 e. The van der Waals surface area contributed by atoms with Crippen LogP contribution >= 0.6 is 0 Å². The van der Waals surface area contributed by atoms with Crippen molar-refractivity contribution in [3.05, 3.63) is 12.2 Å². The molecule has 0 aromatic heterocycles. The molecule has 15 heavy (non-hydrogen) atoms. The van der Waals surface area contributed by atoms with Crippen molar-refractivity contribution in [1.82, 2.24) is 0 Å². The quantitative estimate of drug-likeness (QED) is 0.513. The van der Waals surface area contributed by atoms with Crippen molar-refractivity contribution in [2.75, 3.05) is 6.61 Å². The van der Waals surface area contributed by atoms with Gasteiger partial charge in [-0.3, -0.25) is 0 Å². The lowest BCUT2D eigenvalue weighted by molar-refractivity contribution is -0.174. The zero-order valence-corrected chi connectivity index (χ0v) is 9.55. The third kappa shape index (κ3) is 1.76. The lowest BCUT2D eigenvalue weighted by atomic mass is 9.78. The standard InChI is InChI=1S/C11H16O4/c1-7(2)8(12)15-11(5)9(13)14-6-10(11,3)4/h1,6H2,2-5H3. The van der Waals surface area contributed by atoms with Gasteiger partial charge >= 0.3 is 11.9 Å². The van der Waals surface area contributed by atoms with Gasteiger partial charge in [-0.15, -0.1) is 0 Å². The molecular formula is C11H16O4. The fourth-order valence-electron chi connectivity index (χ4n) is 1.25. The van der Waals surface area contributed by atoms with E-state index in [0.717, 1.165) is 0 Å². The Morgan fingerprint density at radius 1 is 1.47 bits per heavy atom. The van der Waals surface area contributed by atoms with Crippen molar-refractivity contribution in [2.45, 2.75) is 33.3 Å². The van der Waals surface area contributed by atoms with Crippen molar-refractivity contribution in [3.63, 3.8) is 0 Å². The van der Waals surface area contributed by atoms with Gasteiger partial charge in [0.05, 0.1) is 0 Å². The third-order valence-electron chi connectivity index (χ3n) is 2.89. The highest BCUT2D eigenvalue weighted by molar-refractivity contribution is 5.92. The van der Waals surface area contributed by atoms with E-state index < -0.39 is 23.0 Å². The van der Waals surface area contributed by atoms with Crippen molar-refractivity contribution in [3.8, 4) is 0 Å². The second kappa shape index (κ2) is 3.36. The minimum absolute atomic E-state index is 0.256. The van der Waals surface area contributed by atoms with Crippen molar-refractivity contribution in [1.29, 1.82) is 0 Å². The molecule has 1 aliphatic heterocycles. The Balaban J connectivity index is 2.94. The van der Waals surface area contributed by atoms with Crippen LogP contribution < -0.4 is 0 Å². The summed E-state index contributed by atoms with van der Waals surface area (Å²) in [4.78, 5) is 22.9. The van der Waals surface area contributed by atoms with Gasteiger partial charge in [0.1, 0.15) is 6.61 Å². The van der Waals surface area contributed by atoms with E-state index in [4.69, 9.17) is 9.47 Å². The highest BCUT2D eigenvalue weighted by Crippen LogP contribution is 2.41. The summed E-state index contributed by atoms with van der Waals surface area (Å²) < 4.78 is 10.1. The van der Waals surface area contributed by atoms with E-state index in [0.29, 0.717) is 0 Å². The second-order valence-corrected chi connectivity index (χ2v) is 4.66. The molecule has 4 nitrogen and oxygen atoms in total. The first kappa shape index (κ1) is 11.8. The Labute approximate surface area is 89.2 Å². The predicted octanol–water partition coefficient (Wildman–Crippen LogP) is 1.45. The molecule has 1 unspecified atom stereocenters. The molecule has 4 heteroatoms. The minimum Gasteiger partial charge on any atom is -0.462 e. The van der Waals surface area contributed by atoms with E-state index >= 15 is 0 Å². The molecule has 1 saturated heterocycles. The highest BCUT2D eigenvalue weighted by Gasteiger charge is 2.57. The zero-order chi connectivity index (χ0) is 11.9. The van der Waals surface area contributed by atoms with E-state index in [1.807, 2.05) is 13.8 Å². The molecule has 1 fully saturated rings. The maximum atomic E-state index is 11.5. The van der Waals surface area contributed by atoms with Crippen LogP contribution in [0.15, 0.2) is 12.2 Å². The number of hydrogen-bond acceptors (Lipinski definition) is 4. The maximum absolute atomic E-state index is 11.5. The maximum Gasteiger partial charge on any atom is 0.351 e. The van der Waals surface area contributed by atoms with Crippen LogP contribution in [0.2, 0.25) is 0 Å². The summed E-state index contributed by atoms with van der Waals surface area (Å²) in [5.74, 6) is -1.06. The number of hydrogen-bond donors (Lipinski definition) is 0. The first-order chi connectivity index (χ1) is 6.71. The molecule has 1 atom stereocenters. The third-order valence-corrected chi connectivity index (χ3v) is 2.89. The summed E-state index contributed by atoms with van der Waals surface area (Å²) in [6.07, 6.45) is 0. The van der Waals surface area contributed by atoms with E-state index in [2.05, 4.69) is 6.58 Å². The van der Waals surface area contributed by atoms with Crippen molar-refractivity contribution < 1.29 is 19.1 Å². The van der Waals surface area contributed by atoms with E-state index in [9.17, 15) is 9.59 Å². The molecule has 1 rings (SSSR count). The van der Waals surface area contributed by atoms with Crippen LogP contribution in [0.25, 0.3) is 0 Å². The van der Waals surface area contributed by atoms with Gasteiger partial charge in [-0.2, -0.15) is 0 Å². The normalized spacial score (nSPS) is 28.4. The van der Waals surface area contributed by atoms with Crippen molar-refractivity contribution >= 4 is 11.9 Å². The highest BCUT2D eigenvalue weighted by atomic mass is 16.6. The van der Waals surface area contributed by atoms with Crippen LogP contribution in [-0.2, 0) is 19.1 Å². The monoisotopic (exact) mass is 212 g/mol. The van der Waals surface area contributed by atoms with E-state index in [-0.39, 0.29) is 12.2 Å². The molecule has 0 saturated carbocycles. The molecule has 84 valence electrons. The first-order valence-corrected chi connectivity index (χ1v) is 4.77. The summed E-state index contributed by atoms with van der Waals surface area (Å²) in [6, 6.07) is 0. The second-order valence-electron chi connectivity index (χ2n) is 4.66. The van der Waals surface area contributed by atoms with Gasteiger partial charge in [0, 0.05) is 11.0 Å². The summed E-state index contributed by atoms with van der Waals surface area (Å²) in [7, 11) is 0. The van der Waals surface area contributed by atoms with Gasteiger partial charge in [-0.25, -0.2) is 9.59 Å². The van der Waals surface area contributed by atoms with Crippen LogP contribution in [-0.4, -0.2) is 24.1 Å². The Bertz CT molecular complexity index is 329. The number of rotatable bonds is 2. The zero-order valence-electron chi connectivity index (χ0n) is 9.55. The topological polar surface area (TPSA) is 52.6 Å². The predicted molar refractivity (Wildman–Crippen MR) is 54.1 cm³/mol. The molecule has 1 aliphatic rings. The van der Waals surface area contributed by atoms with Gasteiger partial charge < -0.3 is 9.47 Å². The van der Waals surface area contributed by atoms with Crippen LogP contribution in [0.3, 0.4) is 0 Å². The first-order valence-electron chi connectivity index (χ1n) is 4.77. The van der Waals surface area contributed by atoms with Crippen LogP contribution in [0.4, 0.5) is 0 Å². The molecular weight excluding hydrogens is 196 g/mol. The average Bonchev–Trinajstić information content (AvgIpc) is 2.30. The molecule has 0 aromatic carbocycles. The molecule has 0 bridgehead atoms. The van der Waals surface area contributed by atoms with E-state index in [1.165, 1.54) is 0 Å². The molecule has 0 amide bonds. The molecule has 0 radical (unpaired) electrons. The summed E-state index contributed by atoms with van der Waals surface area (Å²) in [6.45, 7) is 10.5. The Morgan fingerprint density at radius 2 is 2.00 bits per heavy atom. The fraction of sp³-hybridized carbons (Fsp3) is 0.636. The Morgan fingerprint density at radius 3 is 2.33 bits per heavy atom. The van der Waals surface area contributed by atoms with Crippen molar-refractivity contribution in [2.24, 2.45) is 5.41 Å².